The van der Waals surface area contributed by atoms with E-state index in [9.17, 15) is 14.7 Å². The minimum absolute atomic E-state index is 0.0309. The fourth-order valence-electron chi connectivity index (χ4n) is 4.85. The quantitative estimate of drug-likeness (QED) is 0.179. The second-order valence-corrected chi connectivity index (χ2v) is 10.8. The number of ether oxygens (including phenoxy) is 3. The van der Waals surface area contributed by atoms with E-state index in [0.717, 1.165) is 5.56 Å². The van der Waals surface area contributed by atoms with Crippen LogP contribution in [0, 0.1) is 0 Å². The second kappa shape index (κ2) is 11.6. The summed E-state index contributed by atoms with van der Waals surface area (Å²) < 4.78 is 17.1. The molecule has 1 unspecified atom stereocenters. The van der Waals surface area contributed by atoms with Gasteiger partial charge in [-0.1, -0.05) is 38.4 Å². The van der Waals surface area contributed by atoms with Crippen LogP contribution in [-0.4, -0.2) is 37.1 Å². The van der Waals surface area contributed by atoms with Crippen molar-refractivity contribution in [3.63, 3.8) is 0 Å². The highest BCUT2D eigenvalue weighted by molar-refractivity contribution is 6.51. The molecule has 210 valence electrons. The molecule has 3 aromatic rings. The monoisotopic (exact) mass is 563 g/mol. The number of benzene rings is 3. The number of aliphatic hydroxyl groups excluding tert-OH is 1. The summed E-state index contributed by atoms with van der Waals surface area (Å²) in [6, 6.07) is 16.2. The first kappa shape index (κ1) is 29.0. The van der Waals surface area contributed by atoms with Gasteiger partial charge >= 0.3 is 0 Å². The number of carbonyl (C=O) groups is 2. The Morgan fingerprint density at radius 1 is 0.900 bits per heavy atom. The van der Waals surface area contributed by atoms with Crippen molar-refractivity contribution in [1.29, 1.82) is 0 Å². The smallest absolute Gasteiger partial charge is 0.300 e. The molecule has 0 bridgehead atoms. The van der Waals surface area contributed by atoms with E-state index >= 15 is 0 Å². The molecule has 3 aromatic carbocycles. The normalized spacial score (nSPS) is 16.8. The van der Waals surface area contributed by atoms with Crippen LogP contribution in [0.25, 0.3) is 5.76 Å². The molecule has 1 saturated heterocycles. The summed E-state index contributed by atoms with van der Waals surface area (Å²) in [6.07, 6.45) is 0. The van der Waals surface area contributed by atoms with Crippen LogP contribution in [0.4, 0.5) is 5.69 Å². The zero-order valence-electron chi connectivity index (χ0n) is 23.6. The predicted octanol–water partition coefficient (Wildman–Crippen LogP) is 7.07. The summed E-state index contributed by atoms with van der Waals surface area (Å²) in [7, 11) is 1.54. The molecule has 1 aliphatic rings. The third-order valence-corrected chi connectivity index (χ3v) is 6.97. The number of hydrogen-bond donors (Lipinski definition) is 1. The van der Waals surface area contributed by atoms with Crippen molar-refractivity contribution < 1.29 is 28.9 Å². The Kier molecular flexibility index (Phi) is 8.45. The lowest BCUT2D eigenvalue weighted by Crippen LogP contribution is -2.29. The molecule has 1 N–H and O–H groups in total. The minimum Gasteiger partial charge on any atom is -0.507 e. The van der Waals surface area contributed by atoms with Crippen molar-refractivity contribution in [3.05, 3.63) is 87.9 Å². The first-order chi connectivity index (χ1) is 19.0. The van der Waals surface area contributed by atoms with Crippen molar-refractivity contribution in [1.82, 2.24) is 0 Å². The van der Waals surface area contributed by atoms with E-state index in [0.29, 0.717) is 52.3 Å². The number of halogens is 1. The molecule has 0 radical (unpaired) electrons. The van der Waals surface area contributed by atoms with Gasteiger partial charge in [0.1, 0.15) is 11.5 Å². The van der Waals surface area contributed by atoms with Gasteiger partial charge in [-0.2, -0.15) is 0 Å². The Morgan fingerprint density at radius 2 is 1.52 bits per heavy atom. The third-order valence-electron chi connectivity index (χ3n) is 6.71. The maximum atomic E-state index is 13.6. The number of methoxy groups -OCH3 is 1. The SMILES string of the molecule is CCOc1cc(C2/C(=C(\O)c3ccc(OCC)c(C(C)(C)C)c3)C(=O)C(=O)N2c2ccc(Cl)cc2)ccc1OC. The molecule has 0 spiro atoms. The number of rotatable bonds is 8. The summed E-state index contributed by atoms with van der Waals surface area (Å²) in [5.74, 6) is -0.166. The Balaban J connectivity index is 1.97. The summed E-state index contributed by atoms with van der Waals surface area (Å²) in [6.45, 7) is 10.8. The molecule has 1 amide bonds. The molecule has 4 rings (SSSR count). The summed E-state index contributed by atoms with van der Waals surface area (Å²) in [4.78, 5) is 28.5. The lowest BCUT2D eigenvalue weighted by atomic mass is 9.84. The van der Waals surface area contributed by atoms with Gasteiger partial charge in [0.25, 0.3) is 11.7 Å². The van der Waals surface area contributed by atoms with Crippen LogP contribution < -0.4 is 19.1 Å². The molecule has 40 heavy (non-hydrogen) atoms. The zero-order chi connectivity index (χ0) is 29.2. The molecule has 0 aliphatic carbocycles. The fraction of sp³-hybridized carbons (Fsp3) is 0.312. The second-order valence-electron chi connectivity index (χ2n) is 10.4. The molecule has 1 aliphatic heterocycles. The van der Waals surface area contributed by atoms with E-state index < -0.39 is 17.7 Å². The Hall–Kier alpha value is -3.97. The summed E-state index contributed by atoms with van der Waals surface area (Å²) >= 11 is 6.11. The van der Waals surface area contributed by atoms with E-state index in [2.05, 4.69) is 0 Å². The topological polar surface area (TPSA) is 85.3 Å². The highest BCUT2D eigenvalue weighted by atomic mass is 35.5. The highest BCUT2D eigenvalue weighted by Gasteiger charge is 2.47. The Labute approximate surface area is 239 Å². The zero-order valence-corrected chi connectivity index (χ0v) is 24.3. The van der Waals surface area contributed by atoms with Gasteiger partial charge in [-0.3, -0.25) is 14.5 Å². The Bertz CT molecular complexity index is 1460. The van der Waals surface area contributed by atoms with E-state index in [-0.39, 0.29) is 16.7 Å². The fourth-order valence-corrected chi connectivity index (χ4v) is 4.97. The van der Waals surface area contributed by atoms with Crippen LogP contribution in [0.2, 0.25) is 5.02 Å². The Morgan fingerprint density at radius 3 is 2.12 bits per heavy atom. The van der Waals surface area contributed by atoms with E-state index in [1.807, 2.05) is 40.7 Å². The molecule has 1 heterocycles. The number of ketones is 1. The molecule has 0 aromatic heterocycles. The van der Waals surface area contributed by atoms with Crippen LogP contribution >= 0.6 is 11.6 Å². The van der Waals surface area contributed by atoms with Crippen LogP contribution in [0.3, 0.4) is 0 Å². The molecular formula is C32H34ClNO6. The number of nitrogens with zero attached hydrogens (tertiary/aromatic N) is 1. The van der Waals surface area contributed by atoms with Crippen LogP contribution in [-0.2, 0) is 15.0 Å². The van der Waals surface area contributed by atoms with Crippen LogP contribution in [0.15, 0.2) is 66.2 Å². The number of amides is 1. The van der Waals surface area contributed by atoms with Gasteiger partial charge in [-0.25, -0.2) is 0 Å². The van der Waals surface area contributed by atoms with E-state index in [1.165, 1.54) is 12.0 Å². The first-order valence-electron chi connectivity index (χ1n) is 13.2. The van der Waals surface area contributed by atoms with Crippen molar-refractivity contribution in [2.75, 3.05) is 25.2 Å². The lowest BCUT2D eigenvalue weighted by Gasteiger charge is -2.26. The van der Waals surface area contributed by atoms with Crippen LogP contribution in [0.5, 0.6) is 17.2 Å². The van der Waals surface area contributed by atoms with Crippen molar-refractivity contribution >= 4 is 34.7 Å². The molecule has 8 heteroatoms. The third kappa shape index (κ3) is 5.52. The average molecular weight is 564 g/mol. The van der Waals surface area contributed by atoms with Crippen LogP contribution in [0.1, 0.15) is 57.4 Å². The lowest BCUT2D eigenvalue weighted by molar-refractivity contribution is -0.132. The van der Waals surface area contributed by atoms with Gasteiger partial charge < -0.3 is 19.3 Å². The van der Waals surface area contributed by atoms with Gasteiger partial charge in [-0.15, -0.1) is 0 Å². The van der Waals surface area contributed by atoms with Gasteiger partial charge in [0.15, 0.2) is 11.5 Å². The number of carbonyl (C=O) groups excluding carboxylic acids is 2. The first-order valence-corrected chi connectivity index (χ1v) is 13.5. The largest absolute Gasteiger partial charge is 0.507 e. The van der Waals surface area contributed by atoms with Crippen molar-refractivity contribution in [2.24, 2.45) is 0 Å². The number of aliphatic hydroxyl groups is 1. The maximum Gasteiger partial charge on any atom is 0.300 e. The predicted molar refractivity (Wildman–Crippen MR) is 157 cm³/mol. The number of anilines is 1. The molecular weight excluding hydrogens is 530 g/mol. The highest BCUT2D eigenvalue weighted by Crippen LogP contribution is 2.45. The van der Waals surface area contributed by atoms with Gasteiger partial charge in [-0.05, 0) is 79.4 Å². The molecule has 0 saturated carbocycles. The maximum absolute atomic E-state index is 13.6. The average Bonchev–Trinajstić information content (AvgIpc) is 3.18. The van der Waals surface area contributed by atoms with E-state index in [4.69, 9.17) is 25.8 Å². The molecule has 1 atom stereocenters. The number of Topliss-reactive ketones (excluding diaryl/α,β-unsaturated/α-hetero) is 1. The minimum atomic E-state index is -0.934. The van der Waals surface area contributed by atoms with E-state index in [1.54, 1.807) is 54.6 Å². The van der Waals surface area contributed by atoms with Gasteiger partial charge in [0, 0.05) is 21.8 Å². The molecule has 7 nitrogen and oxygen atoms in total. The molecule has 1 fully saturated rings. The standard InChI is InChI=1S/C32H34ClNO6/c1-7-39-24-15-10-20(17-23(24)32(3,4)5)29(35)27-28(19-9-16-25(38-6)26(18-19)40-8-2)34(31(37)30(27)36)22-13-11-21(33)12-14-22/h9-18,28,35H,7-8H2,1-6H3/b29-27+. The van der Waals surface area contributed by atoms with Gasteiger partial charge in [0.05, 0.1) is 31.9 Å². The number of hydrogen-bond acceptors (Lipinski definition) is 6. The summed E-state index contributed by atoms with van der Waals surface area (Å²) in [5, 5.41) is 12.2. The van der Waals surface area contributed by atoms with Gasteiger partial charge in [0.2, 0.25) is 0 Å². The van der Waals surface area contributed by atoms with Crippen molar-refractivity contribution in [3.8, 4) is 17.2 Å². The summed E-state index contributed by atoms with van der Waals surface area (Å²) in [5.41, 5.74) is 1.97. The van der Waals surface area contributed by atoms with Crippen molar-refractivity contribution in [2.45, 2.75) is 46.1 Å².